The maximum atomic E-state index is 10.4. The van der Waals surface area contributed by atoms with Crippen molar-refractivity contribution in [1.82, 2.24) is 0 Å². The normalized spacial score (nSPS) is 9.50. The lowest BCUT2D eigenvalue weighted by atomic mass is 10.1. The van der Waals surface area contributed by atoms with Crippen molar-refractivity contribution in [2.75, 3.05) is 0 Å². The Morgan fingerprint density at radius 1 is 1.50 bits per heavy atom. The number of hydrogen-bond donors (Lipinski definition) is 0. The molecule has 0 saturated carbocycles. The molecule has 0 bridgehead atoms. The van der Waals surface area contributed by atoms with Crippen molar-refractivity contribution in [1.29, 1.82) is 0 Å². The second-order valence-electron chi connectivity index (χ2n) is 2.48. The van der Waals surface area contributed by atoms with Crippen molar-refractivity contribution in [2.24, 2.45) is 5.18 Å². The standard InChI is InChI=1S/C8H8NO2P/c1-5-2-6(4-10)7(9-11)3-8(5)12/h2-4H,12H2,1H3. The van der Waals surface area contributed by atoms with Crippen molar-refractivity contribution in [2.45, 2.75) is 6.92 Å². The van der Waals surface area contributed by atoms with E-state index in [0.29, 0.717) is 11.8 Å². The SMILES string of the molecule is Cc1cc(C=O)c(N=O)cc1P. The molecule has 0 aliphatic carbocycles. The largest absolute Gasteiger partial charge is 0.298 e. The number of carbonyl (C=O) groups excluding carboxylic acids is 1. The van der Waals surface area contributed by atoms with E-state index >= 15 is 0 Å². The topological polar surface area (TPSA) is 46.5 Å². The van der Waals surface area contributed by atoms with Crippen LogP contribution in [0.5, 0.6) is 0 Å². The molecule has 1 atom stereocenters. The van der Waals surface area contributed by atoms with Gasteiger partial charge in [0, 0.05) is 5.56 Å². The number of aryl methyl sites for hydroxylation is 1. The minimum Gasteiger partial charge on any atom is -0.298 e. The first kappa shape index (κ1) is 9.01. The number of aldehydes is 1. The molecule has 1 unspecified atom stereocenters. The Hall–Kier alpha value is -1.08. The van der Waals surface area contributed by atoms with E-state index in [2.05, 4.69) is 14.4 Å². The van der Waals surface area contributed by atoms with E-state index in [-0.39, 0.29) is 5.69 Å². The predicted molar refractivity (Wildman–Crippen MR) is 51.4 cm³/mol. The maximum Gasteiger partial charge on any atom is 0.152 e. The highest BCUT2D eigenvalue weighted by Crippen LogP contribution is 2.18. The Balaban J connectivity index is 3.37. The molecule has 0 N–H and O–H groups in total. The first-order valence-electron chi connectivity index (χ1n) is 3.37. The number of carbonyl (C=O) groups is 1. The molecule has 1 aromatic carbocycles. The lowest BCUT2D eigenvalue weighted by molar-refractivity contribution is 0.112. The molecule has 0 aliphatic heterocycles. The van der Waals surface area contributed by atoms with E-state index in [1.54, 1.807) is 12.1 Å². The van der Waals surface area contributed by atoms with Crippen LogP contribution in [0.3, 0.4) is 0 Å². The Bertz CT molecular complexity index is 303. The van der Waals surface area contributed by atoms with E-state index in [0.717, 1.165) is 10.9 Å². The van der Waals surface area contributed by atoms with Gasteiger partial charge in [-0.15, -0.1) is 14.1 Å². The average molecular weight is 181 g/mol. The predicted octanol–water partition coefficient (Wildman–Crippen LogP) is 1.71. The zero-order valence-electron chi connectivity index (χ0n) is 6.57. The van der Waals surface area contributed by atoms with Crippen LogP contribution < -0.4 is 5.30 Å². The van der Waals surface area contributed by atoms with Crippen LogP contribution in [0, 0.1) is 11.8 Å². The smallest absolute Gasteiger partial charge is 0.152 e. The van der Waals surface area contributed by atoms with Crippen molar-refractivity contribution in [3.8, 4) is 0 Å². The van der Waals surface area contributed by atoms with E-state index in [9.17, 15) is 9.70 Å². The molecule has 0 heterocycles. The van der Waals surface area contributed by atoms with Gasteiger partial charge in [-0.2, -0.15) is 0 Å². The molecule has 4 heteroatoms. The summed E-state index contributed by atoms with van der Waals surface area (Å²) in [6.07, 6.45) is 0.633. The molecule has 0 spiro atoms. The zero-order chi connectivity index (χ0) is 9.14. The number of benzene rings is 1. The summed E-state index contributed by atoms with van der Waals surface area (Å²) < 4.78 is 0. The minimum atomic E-state index is 0.195. The molecule has 1 rings (SSSR count). The third-order valence-electron chi connectivity index (χ3n) is 1.64. The number of nitrogens with zero attached hydrogens (tertiary/aromatic N) is 1. The van der Waals surface area contributed by atoms with Crippen LogP contribution in [-0.4, -0.2) is 6.29 Å². The first-order chi connectivity index (χ1) is 5.69. The van der Waals surface area contributed by atoms with Gasteiger partial charge < -0.3 is 0 Å². The molecule has 62 valence electrons. The highest BCUT2D eigenvalue weighted by molar-refractivity contribution is 7.27. The van der Waals surface area contributed by atoms with Gasteiger partial charge in [0.1, 0.15) is 5.69 Å². The van der Waals surface area contributed by atoms with Crippen molar-refractivity contribution >= 4 is 26.5 Å². The van der Waals surface area contributed by atoms with Gasteiger partial charge in [0.2, 0.25) is 0 Å². The van der Waals surface area contributed by atoms with E-state index in [4.69, 9.17) is 0 Å². The fraction of sp³-hybridized carbons (Fsp3) is 0.125. The number of nitroso groups, excluding NO2 is 1. The van der Waals surface area contributed by atoms with Crippen LogP contribution in [0.25, 0.3) is 0 Å². The summed E-state index contributed by atoms with van der Waals surface area (Å²) in [6, 6.07) is 3.22. The highest BCUT2D eigenvalue weighted by Gasteiger charge is 2.04. The van der Waals surface area contributed by atoms with E-state index < -0.39 is 0 Å². The zero-order valence-corrected chi connectivity index (χ0v) is 7.73. The van der Waals surface area contributed by atoms with E-state index in [1.165, 1.54) is 0 Å². The van der Waals surface area contributed by atoms with Crippen molar-refractivity contribution < 1.29 is 4.79 Å². The molecule has 3 nitrogen and oxygen atoms in total. The van der Waals surface area contributed by atoms with Gasteiger partial charge in [0.05, 0.1) is 0 Å². The summed E-state index contributed by atoms with van der Waals surface area (Å²) in [5.41, 5.74) is 1.49. The number of hydrogen-bond acceptors (Lipinski definition) is 3. The summed E-state index contributed by atoms with van der Waals surface area (Å²) in [4.78, 5) is 20.7. The fourth-order valence-electron chi connectivity index (χ4n) is 0.908. The van der Waals surface area contributed by atoms with Gasteiger partial charge in [-0.05, 0) is 35.1 Å². The summed E-state index contributed by atoms with van der Waals surface area (Å²) in [5.74, 6) is 0. The van der Waals surface area contributed by atoms with Crippen LogP contribution >= 0.6 is 9.24 Å². The van der Waals surface area contributed by atoms with Crippen LogP contribution in [0.4, 0.5) is 5.69 Å². The first-order valence-corrected chi connectivity index (χ1v) is 3.95. The van der Waals surface area contributed by atoms with Gasteiger partial charge in [-0.3, -0.25) is 4.79 Å². The molecule has 0 aliphatic rings. The second-order valence-corrected chi connectivity index (χ2v) is 3.10. The van der Waals surface area contributed by atoms with Gasteiger partial charge >= 0.3 is 0 Å². The lowest BCUT2D eigenvalue weighted by Gasteiger charge is -2.01. The molecular formula is C8H8NO2P. The second kappa shape index (κ2) is 3.55. The van der Waals surface area contributed by atoms with Gasteiger partial charge in [-0.25, -0.2) is 0 Å². The molecular weight excluding hydrogens is 173 g/mol. The Labute approximate surface area is 72.3 Å². The molecule has 0 fully saturated rings. The van der Waals surface area contributed by atoms with Crippen molar-refractivity contribution in [3.05, 3.63) is 28.2 Å². The summed E-state index contributed by atoms with van der Waals surface area (Å²) in [7, 11) is 2.48. The Morgan fingerprint density at radius 2 is 2.17 bits per heavy atom. The molecule has 0 saturated heterocycles. The number of rotatable bonds is 2. The highest BCUT2D eigenvalue weighted by atomic mass is 31.0. The average Bonchev–Trinajstić information content (AvgIpc) is 2.09. The monoisotopic (exact) mass is 181 g/mol. The molecule has 0 radical (unpaired) electrons. The summed E-state index contributed by atoms with van der Waals surface area (Å²) in [6.45, 7) is 1.86. The third kappa shape index (κ3) is 1.56. The van der Waals surface area contributed by atoms with Crippen LogP contribution in [0.2, 0.25) is 0 Å². The Kier molecular flexibility index (Phi) is 2.66. The summed E-state index contributed by atoms with van der Waals surface area (Å²) >= 11 is 0. The molecule has 1 aromatic rings. The lowest BCUT2D eigenvalue weighted by Crippen LogP contribution is -1.98. The third-order valence-corrected chi connectivity index (χ3v) is 2.26. The van der Waals surface area contributed by atoms with E-state index in [1.807, 2.05) is 6.92 Å². The maximum absolute atomic E-state index is 10.4. The summed E-state index contributed by atoms with van der Waals surface area (Å²) in [5, 5.41) is 3.63. The fourth-order valence-corrected chi connectivity index (χ4v) is 1.15. The Morgan fingerprint density at radius 3 is 2.67 bits per heavy atom. The molecule has 0 amide bonds. The quantitative estimate of drug-likeness (QED) is 0.396. The molecule has 12 heavy (non-hydrogen) atoms. The van der Waals surface area contributed by atoms with Crippen LogP contribution in [0.15, 0.2) is 17.3 Å². The van der Waals surface area contributed by atoms with Crippen LogP contribution in [0.1, 0.15) is 15.9 Å². The van der Waals surface area contributed by atoms with Crippen molar-refractivity contribution in [3.63, 3.8) is 0 Å². The van der Waals surface area contributed by atoms with Gasteiger partial charge in [0.15, 0.2) is 6.29 Å². The minimum absolute atomic E-state index is 0.195. The van der Waals surface area contributed by atoms with Crippen LogP contribution in [-0.2, 0) is 0 Å². The molecule has 0 aromatic heterocycles. The van der Waals surface area contributed by atoms with Gasteiger partial charge in [-0.1, -0.05) is 0 Å². The van der Waals surface area contributed by atoms with Gasteiger partial charge in [0.25, 0.3) is 0 Å².